The van der Waals surface area contributed by atoms with Gasteiger partial charge in [-0.05, 0) is 19.1 Å². The number of hydrogen-bond acceptors (Lipinski definition) is 3. The van der Waals surface area contributed by atoms with Crippen LogP contribution in [0, 0.1) is 6.92 Å². The van der Waals surface area contributed by atoms with Crippen molar-refractivity contribution in [1.29, 1.82) is 0 Å². The maximum absolute atomic E-state index is 11.9. The van der Waals surface area contributed by atoms with Crippen molar-refractivity contribution in [3.05, 3.63) is 29.6 Å². The number of aromatic nitrogens is 1. The first kappa shape index (κ1) is 12.2. The second-order valence-corrected chi connectivity index (χ2v) is 3.51. The van der Waals surface area contributed by atoms with Gasteiger partial charge in [-0.2, -0.15) is 0 Å². The zero-order chi connectivity index (χ0) is 12.1. The Morgan fingerprint density at radius 3 is 2.75 bits per heavy atom. The van der Waals surface area contributed by atoms with Crippen molar-refractivity contribution < 1.29 is 14.7 Å². The minimum absolute atomic E-state index is 0.0540. The molecule has 0 unspecified atom stereocenters. The summed E-state index contributed by atoms with van der Waals surface area (Å²) < 4.78 is 0. The van der Waals surface area contributed by atoms with Gasteiger partial charge in [-0.15, -0.1) is 0 Å². The second kappa shape index (κ2) is 5.25. The molecular formula is C11H14N2O3. The number of carboxylic acid groups (broad SMARTS) is 1. The van der Waals surface area contributed by atoms with Gasteiger partial charge in [0.2, 0.25) is 0 Å². The second-order valence-electron chi connectivity index (χ2n) is 3.51. The van der Waals surface area contributed by atoms with E-state index in [0.29, 0.717) is 11.3 Å². The van der Waals surface area contributed by atoms with Crippen molar-refractivity contribution in [3.8, 4) is 0 Å². The highest BCUT2D eigenvalue weighted by Crippen LogP contribution is 2.07. The first-order chi connectivity index (χ1) is 7.52. The summed E-state index contributed by atoms with van der Waals surface area (Å²) in [5, 5.41) is 8.52. The Morgan fingerprint density at radius 1 is 1.50 bits per heavy atom. The van der Waals surface area contributed by atoms with Crippen LogP contribution in [0.1, 0.15) is 22.5 Å². The molecule has 0 aliphatic heterocycles. The van der Waals surface area contributed by atoms with Gasteiger partial charge in [-0.25, -0.2) is 0 Å². The van der Waals surface area contributed by atoms with Crippen LogP contribution in [0.25, 0.3) is 0 Å². The van der Waals surface area contributed by atoms with Crippen LogP contribution < -0.4 is 0 Å². The number of pyridine rings is 1. The van der Waals surface area contributed by atoms with Crippen molar-refractivity contribution in [2.45, 2.75) is 13.3 Å². The van der Waals surface area contributed by atoms with Gasteiger partial charge < -0.3 is 10.0 Å². The summed E-state index contributed by atoms with van der Waals surface area (Å²) in [6.45, 7) is 1.95. The standard InChI is InChI=1S/C11H14N2O3/c1-8-9(4-3-6-12-8)11(16)13(2)7-5-10(14)15/h3-4,6H,5,7H2,1-2H3,(H,14,15). The van der Waals surface area contributed by atoms with Gasteiger partial charge in [0.05, 0.1) is 12.0 Å². The molecule has 0 aliphatic carbocycles. The average molecular weight is 222 g/mol. The van der Waals surface area contributed by atoms with E-state index in [-0.39, 0.29) is 18.9 Å². The van der Waals surface area contributed by atoms with Crippen molar-refractivity contribution in [2.24, 2.45) is 0 Å². The minimum atomic E-state index is -0.914. The Bertz CT molecular complexity index is 404. The zero-order valence-corrected chi connectivity index (χ0v) is 9.30. The topological polar surface area (TPSA) is 70.5 Å². The molecule has 1 amide bonds. The molecule has 1 N–H and O–H groups in total. The predicted molar refractivity (Wildman–Crippen MR) is 58.2 cm³/mol. The lowest BCUT2D eigenvalue weighted by Gasteiger charge is -2.16. The highest BCUT2D eigenvalue weighted by Gasteiger charge is 2.14. The molecule has 1 aromatic rings. The number of carbonyl (C=O) groups is 2. The summed E-state index contributed by atoms with van der Waals surface area (Å²) >= 11 is 0. The fraction of sp³-hybridized carbons (Fsp3) is 0.364. The third-order valence-corrected chi connectivity index (χ3v) is 2.25. The van der Waals surface area contributed by atoms with Gasteiger partial charge in [0.1, 0.15) is 0 Å². The molecule has 0 fully saturated rings. The van der Waals surface area contributed by atoms with E-state index in [2.05, 4.69) is 4.98 Å². The highest BCUT2D eigenvalue weighted by atomic mass is 16.4. The minimum Gasteiger partial charge on any atom is -0.481 e. The zero-order valence-electron chi connectivity index (χ0n) is 9.30. The van der Waals surface area contributed by atoms with Crippen LogP contribution in [-0.2, 0) is 4.79 Å². The van der Waals surface area contributed by atoms with Crippen LogP contribution in [0.3, 0.4) is 0 Å². The molecule has 0 atom stereocenters. The van der Waals surface area contributed by atoms with Gasteiger partial charge in [0.25, 0.3) is 5.91 Å². The summed E-state index contributed by atoms with van der Waals surface area (Å²) in [5.41, 5.74) is 1.16. The summed E-state index contributed by atoms with van der Waals surface area (Å²) in [5.74, 6) is -1.12. The largest absolute Gasteiger partial charge is 0.481 e. The van der Waals surface area contributed by atoms with E-state index in [1.807, 2.05) is 0 Å². The molecule has 1 heterocycles. The Balaban J connectivity index is 2.71. The molecule has 0 spiro atoms. The van der Waals surface area contributed by atoms with Crippen LogP contribution in [0.2, 0.25) is 0 Å². The van der Waals surface area contributed by atoms with E-state index in [0.717, 1.165) is 0 Å². The predicted octanol–water partition coefficient (Wildman–Crippen LogP) is 0.937. The molecule has 0 radical (unpaired) electrons. The number of hydrogen-bond donors (Lipinski definition) is 1. The molecule has 0 saturated heterocycles. The number of nitrogens with zero attached hydrogens (tertiary/aromatic N) is 2. The van der Waals surface area contributed by atoms with Crippen molar-refractivity contribution in [2.75, 3.05) is 13.6 Å². The number of aliphatic carboxylic acids is 1. The smallest absolute Gasteiger partial charge is 0.305 e. The monoisotopic (exact) mass is 222 g/mol. The Hall–Kier alpha value is -1.91. The van der Waals surface area contributed by atoms with Gasteiger partial charge in [-0.1, -0.05) is 0 Å². The summed E-state index contributed by atoms with van der Waals surface area (Å²) in [4.78, 5) is 27.7. The molecular weight excluding hydrogens is 208 g/mol. The lowest BCUT2D eigenvalue weighted by atomic mass is 10.2. The number of aryl methyl sites for hydroxylation is 1. The summed E-state index contributed by atoms with van der Waals surface area (Å²) in [6, 6.07) is 3.37. The lowest BCUT2D eigenvalue weighted by molar-refractivity contribution is -0.137. The van der Waals surface area contributed by atoms with Crippen LogP contribution in [-0.4, -0.2) is 40.5 Å². The number of rotatable bonds is 4. The lowest BCUT2D eigenvalue weighted by Crippen LogP contribution is -2.29. The molecule has 1 aromatic heterocycles. The fourth-order valence-electron chi connectivity index (χ4n) is 1.28. The highest BCUT2D eigenvalue weighted by molar-refractivity contribution is 5.95. The fourth-order valence-corrected chi connectivity index (χ4v) is 1.28. The molecule has 86 valence electrons. The SMILES string of the molecule is Cc1ncccc1C(=O)N(C)CCC(=O)O. The third kappa shape index (κ3) is 3.05. The molecule has 5 heteroatoms. The van der Waals surface area contributed by atoms with E-state index in [9.17, 15) is 9.59 Å². The van der Waals surface area contributed by atoms with Crippen LogP contribution in [0.4, 0.5) is 0 Å². The Labute approximate surface area is 93.7 Å². The number of carboxylic acids is 1. The van der Waals surface area contributed by atoms with Crippen molar-refractivity contribution in [3.63, 3.8) is 0 Å². The van der Waals surface area contributed by atoms with E-state index in [4.69, 9.17) is 5.11 Å². The van der Waals surface area contributed by atoms with Crippen molar-refractivity contribution in [1.82, 2.24) is 9.88 Å². The molecule has 0 saturated carbocycles. The van der Waals surface area contributed by atoms with Crippen LogP contribution >= 0.6 is 0 Å². The number of amides is 1. The van der Waals surface area contributed by atoms with E-state index in [1.54, 1.807) is 32.3 Å². The van der Waals surface area contributed by atoms with Gasteiger partial charge in [-0.3, -0.25) is 14.6 Å². The van der Waals surface area contributed by atoms with E-state index in [1.165, 1.54) is 4.90 Å². The summed E-state index contributed by atoms with van der Waals surface area (Å²) in [6.07, 6.45) is 1.56. The molecule has 0 aliphatic rings. The van der Waals surface area contributed by atoms with E-state index < -0.39 is 5.97 Å². The number of carbonyl (C=O) groups excluding carboxylic acids is 1. The Morgan fingerprint density at radius 2 is 2.19 bits per heavy atom. The van der Waals surface area contributed by atoms with Gasteiger partial charge in [0, 0.05) is 25.5 Å². The Kier molecular flexibility index (Phi) is 3.99. The first-order valence-corrected chi connectivity index (χ1v) is 4.91. The molecule has 1 rings (SSSR count). The molecule has 5 nitrogen and oxygen atoms in total. The summed E-state index contributed by atoms with van der Waals surface area (Å²) in [7, 11) is 1.58. The normalized spacial score (nSPS) is 9.88. The maximum Gasteiger partial charge on any atom is 0.305 e. The maximum atomic E-state index is 11.9. The quantitative estimate of drug-likeness (QED) is 0.822. The molecule has 0 bridgehead atoms. The molecule has 0 aromatic carbocycles. The van der Waals surface area contributed by atoms with Gasteiger partial charge in [0.15, 0.2) is 0 Å². The van der Waals surface area contributed by atoms with E-state index >= 15 is 0 Å². The first-order valence-electron chi connectivity index (χ1n) is 4.91. The van der Waals surface area contributed by atoms with Crippen LogP contribution in [0.15, 0.2) is 18.3 Å². The average Bonchev–Trinajstić information content (AvgIpc) is 2.25. The van der Waals surface area contributed by atoms with Crippen LogP contribution in [0.5, 0.6) is 0 Å². The van der Waals surface area contributed by atoms with Crippen molar-refractivity contribution >= 4 is 11.9 Å². The third-order valence-electron chi connectivity index (χ3n) is 2.25. The van der Waals surface area contributed by atoms with Gasteiger partial charge >= 0.3 is 5.97 Å². The molecule has 16 heavy (non-hydrogen) atoms.